The van der Waals surface area contributed by atoms with Gasteiger partial charge in [0.05, 0.1) is 47.5 Å². The topological polar surface area (TPSA) is 211 Å². The van der Waals surface area contributed by atoms with E-state index in [0.717, 1.165) is 0 Å². The molecule has 1 amide bonds. The van der Waals surface area contributed by atoms with Crippen molar-refractivity contribution >= 4 is 40.5 Å². The molecule has 2 atom stereocenters. The Bertz CT molecular complexity index is 1800. The normalized spacial score (nSPS) is 17.7. The summed E-state index contributed by atoms with van der Waals surface area (Å²) in [5.41, 5.74) is 7.33. The highest BCUT2D eigenvalue weighted by molar-refractivity contribution is 6.31. The number of benzene rings is 1. The van der Waals surface area contributed by atoms with Gasteiger partial charge in [-0.1, -0.05) is 36.5 Å². The number of hydrogen-bond donors (Lipinski definition) is 6. The summed E-state index contributed by atoms with van der Waals surface area (Å²) >= 11 is 12.1. The van der Waals surface area contributed by atoms with Crippen molar-refractivity contribution in [1.82, 2.24) is 24.3 Å². The van der Waals surface area contributed by atoms with Crippen LogP contribution in [0.25, 0.3) is 22.5 Å². The Morgan fingerprint density at radius 2 is 1.93 bits per heavy atom. The molecule has 1 aliphatic rings. The lowest BCUT2D eigenvalue weighted by atomic mass is 9.97. The largest absolute Gasteiger partial charge is 0.389 e. The number of aromatic nitrogens is 5. The summed E-state index contributed by atoms with van der Waals surface area (Å²) in [6.07, 6.45) is 3.47. The van der Waals surface area contributed by atoms with Crippen molar-refractivity contribution in [3.8, 4) is 22.5 Å². The predicted molar refractivity (Wildman–Crippen MR) is 164 cm³/mol. The number of nitrogens with one attached hydrogen (secondary N) is 1. The second kappa shape index (κ2) is 12.4. The minimum Gasteiger partial charge on any atom is -0.388 e. The fourth-order valence-corrected chi connectivity index (χ4v) is 5.37. The lowest BCUT2D eigenvalue weighted by Gasteiger charge is -2.23. The van der Waals surface area contributed by atoms with Crippen LogP contribution in [0.5, 0.6) is 0 Å². The highest BCUT2D eigenvalue weighted by atomic mass is 35.5. The molecule has 14 nitrogen and oxygen atoms in total. The number of carbonyl (C=O) groups excluding carboxylic acids is 1. The van der Waals surface area contributed by atoms with E-state index in [2.05, 4.69) is 20.4 Å². The second-order valence-corrected chi connectivity index (χ2v) is 11.2. The van der Waals surface area contributed by atoms with Gasteiger partial charge in [-0.15, -0.1) is 0 Å². The van der Waals surface area contributed by atoms with Crippen LogP contribution < -0.4 is 27.5 Å². The van der Waals surface area contributed by atoms with E-state index >= 15 is 0 Å². The summed E-state index contributed by atoms with van der Waals surface area (Å²) < 4.78 is 1.99. The fourth-order valence-electron chi connectivity index (χ4n) is 5.09. The van der Waals surface area contributed by atoms with Gasteiger partial charge in [0.25, 0.3) is 5.56 Å². The third-order valence-electron chi connectivity index (χ3n) is 7.22. The first kappa shape index (κ1) is 31.1. The van der Waals surface area contributed by atoms with Crippen LogP contribution in [-0.4, -0.2) is 45.5 Å². The third-order valence-corrected chi connectivity index (χ3v) is 7.55. The number of amides is 1. The predicted octanol–water partition coefficient (Wildman–Crippen LogP) is 2.39. The highest BCUT2D eigenvalue weighted by Gasteiger charge is 2.31. The Labute approximate surface area is 260 Å². The lowest BCUT2D eigenvalue weighted by Crippen LogP contribution is -2.34. The van der Waals surface area contributed by atoms with Gasteiger partial charge in [-0.3, -0.25) is 24.1 Å². The number of hydrazine groups is 1. The number of carbonyl (C=O) groups is 1. The number of rotatable bonds is 5. The maximum Gasteiger partial charge on any atom is 0.389 e. The molecule has 2 unspecified atom stereocenters. The van der Waals surface area contributed by atoms with Gasteiger partial charge in [-0.25, -0.2) is 10.8 Å². The molecule has 0 saturated carbocycles. The van der Waals surface area contributed by atoms with E-state index in [-0.39, 0.29) is 22.4 Å². The first-order valence-corrected chi connectivity index (χ1v) is 14.2. The smallest absolute Gasteiger partial charge is 0.388 e. The molecule has 44 heavy (non-hydrogen) atoms. The maximum atomic E-state index is 13.7. The van der Waals surface area contributed by atoms with E-state index in [1.807, 2.05) is 0 Å². The van der Waals surface area contributed by atoms with Crippen molar-refractivity contribution < 1.29 is 20.1 Å². The van der Waals surface area contributed by atoms with Gasteiger partial charge in [-0.2, -0.15) is 9.78 Å². The van der Waals surface area contributed by atoms with Crippen LogP contribution in [0, 0.1) is 5.92 Å². The minimum atomic E-state index is -3.36. The number of anilines is 2. The number of halogens is 2. The Morgan fingerprint density at radius 3 is 2.64 bits per heavy atom. The fraction of sp³-hybridized carbons (Fsp3) is 0.250. The SMILES string of the molecule is CC1CCCC(n2cnc(-c3cc(Cl)ccc3N(N)/C=C(\N)Cl)cc2=O)c2cc(ccn2)-c2c(cnn2C(O)(O)O)NC1=O. The standard InChI is InChI=1S/C28H29Cl2N9O5/c1-15-3-2-4-23(20-9-16(7-8-33-20)26-21(36-27(15)41)12-35-39(26)28(42,43)44)37-14-34-19(11-25(37)40)18-10-17(29)5-6-22(18)38(32)13-24(30)31/h5-15,23,42-44H,2-4,31-32H2,1H3,(H,36,41)/b24-13-. The van der Waals surface area contributed by atoms with Crippen LogP contribution >= 0.6 is 23.2 Å². The zero-order valence-corrected chi connectivity index (χ0v) is 24.8. The molecule has 0 fully saturated rings. The third kappa shape index (κ3) is 6.45. The van der Waals surface area contributed by atoms with Gasteiger partial charge in [0, 0.05) is 34.3 Å². The van der Waals surface area contributed by atoms with Crippen LogP contribution in [0.3, 0.4) is 0 Å². The van der Waals surface area contributed by atoms with Crippen LogP contribution in [-0.2, 0) is 10.9 Å². The van der Waals surface area contributed by atoms with E-state index in [1.165, 1.54) is 40.6 Å². The molecule has 230 valence electrons. The van der Waals surface area contributed by atoms with Crippen LogP contribution in [0.2, 0.25) is 5.02 Å². The van der Waals surface area contributed by atoms with Crippen LogP contribution in [0.4, 0.5) is 11.4 Å². The molecule has 3 aromatic heterocycles. The molecule has 5 rings (SSSR count). The number of fused-ring (bicyclic) bond motifs is 4. The Kier molecular flexibility index (Phi) is 8.74. The van der Waals surface area contributed by atoms with Gasteiger partial charge in [0.2, 0.25) is 5.91 Å². The summed E-state index contributed by atoms with van der Waals surface area (Å²) in [6.45, 7) is 1.75. The summed E-state index contributed by atoms with van der Waals surface area (Å²) in [5.74, 6) is 5.36. The summed E-state index contributed by atoms with van der Waals surface area (Å²) in [5, 5.41) is 38.0. The van der Waals surface area contributed by atoms with Gasteiger partial charge in [0.1, 0.15) is 10.9 Å². The molecular weight excluding hydrogens is 613 g/mol. The summed E-state index contributed by atoms with van der Waals surface area (Å²) in [7, 11) is 0. The molecule has 16 heteroatoms. The maximum absolute atomic E-state index is 13.7. The summed E-state index contributed by atoms with van der Waals surface area (Å²) in [4.78, 5) is 35.7. The van der Waals surface area contributed by atoms with Gasteiger partial charge in [0.15, 0.2) is 0 Å². The number of nitrogens with zero attached hydrogens (tertiary/aromatic N) is 6. The van der Waals surface area contributed by atoms with Crippen molar-refractivity contribution in [2.75, 3.05) is 10.3 Å². The zero-order valence-electron chi connectivity index (χ0n) is 23.3. The minimum absolute atomic E-state index is 0.0216. The van der Waals surface area contributed by atoms with Crippen molar-refractivity contribution in [3.63, 3.8) is 0 Å². The monoisotopic (exact) mass is 641 g/mol. The van der Waals surface area contributed by atoms with E-state index in [0.29, 0.717) is 57.2 Å². The number of nitrogens with two attached hydrogens (primary N) is 2. The molecule has 1 aromatic carbocycles. The van der Waals surface area contributed by atoms with Crippen molar-refractivity contribution in [1.29, 1.82) is 0 Å². The van der Waals surface area contributed by atoms with Crippen LogP contribution in [0.1, 0.15) is 37.9 Å². The quantitative estimate of drug-likeness (QED) is 0.0805. The van der Waals surface area contributed by atoms with Gasteiger partial charge >= 0.3 is 6.10 Å². The first-order chi connectivity index (χ1) is 20.8. The second-order valence-electron chi connectivity index (χ2n) is 10.3. The molecule has 2 bridgehead atoms. The van der Waals surface area contributed by atoms with Crippen molar-refractivity contribution in [3.05, 3.63) is 87.5 Å². The Balaban J connectivity index is 1.62. The molecule has 0 aliphatic carbocycles. The van der Waals surface area contributed by atoms with Gasteiger partial charge < -0.3 is 26.4 Å². The molecular formula is C28H29Cl2N9O5. The highest BCUT2D eigenvalue weighted by Crippen LogP contribution is 2.35. The molecule has 4 aromatic rings. The first-order valence-electron chi connectivity index (χ1n) is 13.4. The lowest BCUT2D eigenvalue weighted by molar-refractivity contribution is -0.379. The van der Waals surface area contributed by atoms with Gasteiger partial charge in [-0.05, 0) is 43.2 Å². The van der Waals surface area contributed by atoms with Crippen molar-refractivity contribution in [2.24, 2.45) is 17.5 Å². The molecule has 8 N–H and O–H groups in total. The molecule has 0 radical (unpaired) electrons. The average molecular weight is 643 g/mol. The molecule has 4 heterocycles. The molecule has 1 aliphatic heterocycles. The molecule has 0 saturated heterocycles. The number of pyridine rings is 1. The zero-order chi connectivity index (χ0) is 31.8. The number of hydrogen-bond acceptors (Lipinski definition) is 11. The number of aliphatic hydroxyl groups is 3. The average Bonchev–Trinajstić information content (AvgIpc) is 3.39. The Hall–Kier alpha value is -4.31. The van der Waals surface area contributed by atoms with E-state index in [9.17, 15) is 24.9 Å². The van der Waals surface area contributed by atoms with E-state index in [4.69, 9.17) is 34.8 Å². The Morgan fingerprint density at radius 1 is 1.16 bits per heavy atom. The van der Waals surface area contributed by atoms with Crippen LogP contribution in [0.15, 0.2) is 71.3 Å². The molecule has 0 spiro atoms. The summed E-state index contributed by atoms with van der Waals surface area (Å²) in [6, 6.07) is 8.77. The van der Waals surface area contributed by atoms with Crippen molar-refractivity contribution in [2.45, 2.75) is 38.3 Å². The van der Waals surface area contributed by atoms with E-state index < -0.39 is 23.6 Å². The van der Waals surface area contributed by atoms with E-state index in [1.54, 1.807) is 37.3 Å².